The first-order valence-corrected chi connectivity index (χ1v) is 6.81. The minimum absolute atomic E-state index is 0.0721. The molecule has 0 radical (unpaired) electrons. The number of halogens is 2. The van der Waals surface area contributed by atoms with Crippen LogP contribution in [0.15, 0.2) is 36.7 Å². The normalized spacial score (nSPS) is 16.9. The van der Waals surface area contributed by atoms with Crippen molar-refractivity contribution in [2.24, 2.45) is 0 Å². The number of nitrogens with zero attached hydrogens (tertiary/aromatic N) is 3. The van der Waals surface area contributed by atoms with Crippen molar-refractivity contribution >= 4 is 11.6 Å². The highest BCUT2D eigenvalue weighted by atomic mass is 19.3. The van der Waals surface area contributed by atoms with Crippen LogP contribution in [0, 0.1) is 0 Å². The van der Waals surface area contributed by atoms with Crippen molar-refractivity contribution in [1.82, 2.24) is 15.0 Å². The highest BCUT2D eigenvalue weighted by molar-refractivity contribution is 5.97. The summed E-state index contributed by atoms with van der Waals surface area (Å²) in [4.78, 5) is 13.1. The van der Waals surface area contributed by atoms with Crippen LogP contribution in [0.3, 0.4) is 0 Å². The minimum atomic E-state index is -3.81. The molecule has 0 spiro atoms. The number of aromatic nitrogens is 3. The van der Waals surface area contributed by atoms with E-state index in [2.05, 4.69) is 15.5 Å². The highest BCUT2D eigenvalue weighted by Crippen LogP contribution is 2.44. The van der Waals surface area contributed by atoms with Crippen LogP contribution in [0.4, 0.5) is 14.5 Å². The molecule has 116 valence electrons. The number of amides is 1. The molecule has 8 heteroatoms. The Morgan fingerprint density at radius 3 is 2.32 bits per heavy atom. The standard InChI is InChI=1S/C14H14F2N4O2/c15-14(16,13(22)6-1-7-13)12(21)19-10-2-4-11(5-3-10)20-17-8-9-18-20/h2-5,8-9,22H,1,6-7H2,(H,19,21). The number of alkyl halides is 2. The van der Waals surface area contributed by atoms with E-state index in [-0.39, 0.29) is 18.5 Å². The summed E-state index contributed by atoms with van der Waals surface area (Å²) in [5.74, 6) is -5.31. The average Bonchev–Trinajstić information content (AvgIpc) is 2.99. The van der Waals surface area contributed by atoms with Gasteiger partial charge in [-0.25, -0.2) is 0 Å². The number of nitrogens with one attached hydrogen (secondary N) is 1. The van der Waals surface area contributed by atoms with Crippen molar-refractivity contribution < 1.29 is 18.7 Å². The van der Waals surface area contributed by atoms with E-state index in [0.717, 1.165) is 0 Å². The zero-order valence-corrected chi connectivity index (χ0v) is 11.5. The number of carbonyl (C=O) groups excluding carboxylic acids is 1. The maximum Gasteiger partial charge on any atom is 0.352 e. The lowest BCUT2D eigenvalue weighted by Crippen LogP contribution is -2.59. The molecule has 1 aromatic carbocycles. The van der Waals surface area contributed by atoms with Gasteiger partial charge in [-0.3, -0.25) is 4.79 Å². The van der Waals surface area contributed by atoms with Crippen molar-refractivity contribution in [3.8, 4) is 5.69 Å². The second-order valence-electron chi connectivity index (χ2n) is 5.28. The van der Waals surface area contributed by atoms with Crippen LogP contribution in [-0.2, 0) is 4.79 Å². The summed E-state index contributed by atoms with van der Waals surface area (Å²) in [6.45, 7) is 0. The summed E-state index contributed by atoms with van der Waals surface area (Å²) in [7, 11) is 0. The van der Waals surface area contributed by atoms with Crippen molar-refractivity contribution in [2.45, 2.75) is 30.8 Å². The van der Waals surface area contributed by atoms with Crippen LogP contribution in [0.1, 0.15) is 19.3 Å². The summed E-state index contributed by atoms with van der Waals surface area (Å²) >= 11 is 0. The van der Waals surface area contributed by atoms with E-state index >= 15 is 0 Å². The molecule has 0 unspecified atom stereocenters. The van der Waals surface area contributed by atoms with Gasteiger partial charge in [-0.1, -0.05) is 0 Å². The van der Waals surface area contributed by atoms with Crippen LogP contribution in [-0.4, -0.2) is 37.5 Å². The Hall–Kier alpha value is -2.35. The summed E-state index contributed by atoms with van der Waals surface area (Å²) in [5, 5.41) is 19.7. The predicted molar refractivity (Wildman–Crippen MR) is 73.7 cm³/mol. The number of benzene rings is 1. The molecule has 6 nitrogen and oxygen atoms in total. The first-order valence-electron chi connectivity index (χ1n) is 6.81. The number of hydrogen-bond acceptors (Lipinski definition) is 4. The molecule has 0 saturated heterocycles. The van der Waals surface area contributed by atoms with Crippen LogP contribution in [0.25, 0.3) is 5.69 Å². The molecule has 0 bridgehead atoms. The predicted octanol–water partition coefficient (Wildman–Crippen LogP) is 1.76. The van der Waals surface area contributed by atoms with Gasteiger partial charge in [-0.15, -0.1) is 0 Å². The SMILES string of the molecule is O=C(Nc1ccc(-n2nccn2)cc1)C(F)(F)C1(O)CCC1. The Kier molecular flexibility index (Phi) is 3.40. The van der Waals surface area contributed by atoms with Crippen molar-refractivity contribution in [2.75, 3.05) is 5.32 Å². The van der Waals surface area contributed by atoms with E-state index in [0.29, 0.717) is 12.1 Å². The maximum atomic E-state index is 13.9. The van der Waals surface area contributed by atoms with Gasteiger partial charge >= 0.3 is 5.92 Å². The third-order valence-electron chi connectivity index (χ3n) is 3.83. The fourth-order valence-electron chi connectivity index (χ4n) is 2.27. The van der Waals surface area contributed by atoms with Gasteiger partial charge in [0.25, 0.3) is 5.91 Å². The van der Waals surface area contributed by atoms with Crippen molar-refractivity contribution in [1.29, 1.82) is 0 Å². The topological polar surface area (TPSA) is 80.0 Å². The molecular formula is C14H14F2N4O2. The van der Waals surface area contributed by atoms with Gasteiger partial charge in [0.2, 0.25) is 0 Å². The van der Waals surface area contributed by atoms with E-state index in [4.69, 9.17) is 0 Å². The molecule has 22 heavy (non-hydrogen) atoms. The third-order valence-corrected chi connectivity index (χ3v) is 3.83. The Morgan fingerprint density at radius 2 is 1.82 bits per heavy atom. The second-order valence-corrected chi connectivity index (χ2v) is 5.28. The number of rotatable bonds is 4. The van der Waals surface area contributed by atoms with Gasteiger partial charge < -0.3 is 10.4 Å². The Bertz CT molecular complexity index is 667. The molecule has 3 rings (SSSR count). The number of hydrogen-bond donors (Lipinski definition) is 2. The summed E-state index contributed by atoms with van der Waals surface area (Å²) in [6, 6.07) is 6.12. The molecule has 2 aromatic rings. The highest BCUT2D eigenvalue weighted by Gasteiger charge is 2.61. The Morgan fingerprint density at radius 1 is 1.23 bits per heavy atom. The van der Waals surface area contributed by atoms with Crippen LogP contribution < -0.4 is 5.32 Å². The smallest absolute Gasteiger partial charge is 0.352 e. The maximum absolute atomic E-state index is 13.9. The van der Waals surface area contributed by atoms with Gasteiger partial charge in [0.15, 0.2) is 0 Å². The lowest BCUT2D eigenvalue weighted by Gasteiger charge is -2.41. The van der Waals surface area contributed by atoms with E-state index < -0.39 is 17.4 Å². The van der Waals surface area contributed by atoms with Crippen molar-refractivity contribution in [3.63, 3.8) is 0 Å². The van der Waals surface area contributed by atoms with E-state index in [1.165, 1.54) is 29.3 Å². The molecule has 1 saturated carbocycles. The molecule has 1 amide bonds. The fraction of sp³-hybridized carbons (Fsp3) is 0.357. The monoisotopic (exact) mass is 308 g/mol. The zero-order valence-electron chi connectivity index (χ0n) is 11.5. The largest absolute Gasteiger partial charge is 0.383 e. The Labute approximate surface area is 124 Å². The molecular weight excluding hydrogens is 294 g/mol. The number of aliphatic hydroxyl groups is 1. The third kappa shape index (κ3) is 2.35. The minimum Gasteiger partial charge on any atom is -0.383 e. The summed E-state index contributed by atoms with van der Waals surface area (Å²) in [5.41, 5.74) is -1.38. The quantitative estimate of drug-likeness (QED) is 0.902. The van der Waals surface area contributed by atoms with Crippen molar-refractivity contribution in [3.05, 3.63) is 36.7 Å². The second kappa shape index (κ2) is 5.13. The molecule has 1 aromatic heterocycles. The van der Waals surface area contributed by atoms with Crippen LogP contribution in [0.5, 0.6) is 0 Å². The van der Waals surface area contributed by atoms with Gasteiger partial charge in [-0.05, 0) is 43.5 Å². The number of anilines is 1. The lowest BCUT2D eigenvalue weighted by molar-refractivity contribution is -0.212. The molecule has 0 aliphatic heterocycles. The Balaban J connectivity index is 1.72. The number of carbonyl (C=O) groups is 1. The molecule has 1 aliphatic rings. The van der Waals surface area contributed by atoms with E-state index in [1.54, 1.807) is 12.1 Å². The van der Waals surface area contributed by atoms with Gasteiger partial charge in [0, 0.05) is 5.69 Å². The molecule has 2 N–H and O–H groups in total. The van der Waals surface area contributed by atoms with Gasteiger partial charge in [0.05, 0.1) is 18.1 Å². The fourth-order valence-corrected chi connectivity index (χ4v) is 2.27. The van der Waals surface area contributed by atoms with Crippen LogP contribution in [0.2, 0.25) is 0 Å². The molecule has 1 fully saturated rings. The van der Waals surface area contributed by atoms with E-state index in [9.17, 15) is 18.7 Å². The first-order chi connectivity index (χ1) is 10.4. The molecule has 1 aliphatic carbocycles. The van der Waals surface area contributed by atoms with E-state index in [1.807, 2.05) is 0 Å². The zero-order chi connectivity index (χ0) is 15.8. The van der Waals surface area contributed by atoms with Gasteiger partial charge in [-0.2, -0.15) is 23.8 Å². The first kappa shape index (κ1) is 14.6. The van der Waals surface area contributed by atoms with Gasteiger partial charge in [0.1, 0.15) is 5.60 Å². The van der Waals surface area contributed by atoms with Crippen LogP contribution >= 0.6 is 0 Å². The molecule has 0 atom stereocenters. The average molecular weight is 308 g/mol. The molecule has 1 heterocycles. The lowest BCUT2D eigenvalue weighted by atomic mass is 9.75. The summed E-state index contributed by atoms with van der Waals surface area (Å²) in [6.07, 6.45) is 3.37. The summed E-state index contributed by atoms with van der Waals surface area (Å²) < 4.78 is 27.9.